The molecule has 31 heavy (non-hydrogen) atoms. The molecular formula is C25H27N3O3. The number of hydrogen-bond donors (Lipinski definition) is 2. The van der Waals surface area contributed by atoms with Crippen molar-refractivity contribution in [1.82, 2.24) is 15.5 Å². The molecule has 1 atom stereocenters. The summed E-state index contributed by atoms with van der Waals surface area (Å²) in [5, 5.41) is 12.8. The van der Waals surface area contributed by atoms with Crippen molar-refractivity contribution in [2.24, 2.45) is 0 Å². The maximum Gasteiger partial charge on any atom is 0.267 e. The van der Waals surface area contributed by atoms with E-state index in [1.807, 2.05) is 37.3 Å². The highest BCUT2D eigenvalue weighted by atomic mass is 16.5. The molecule has 0 radical (unpaired) electrons. The Morgan fingerprint density at radius 3 is 2.74 bits per heavy atom. The van der Waals surface area contributed by atoms with Crippen LogP contribution in [0.2, 0.25) is 0 Å². The topological polar surface area (TPSA) is 78.6 Å². The van der Waals surface area contributed by atoms with Gasteiger partial charge in [0.1, 0.15) is 0 Å². The van der Waals surface area contributed by atoms with E-state index in [2.05, 4.69) is 34.3 Å². The first-order valence-corrected chi connectivity index (χ1v) is 10.6. The Balaban J connectivity index is 1.44. The van der Waals surface area contributed by atoms with E-state index in [4.69, 9.17) is 9.73 Å². The maximum absolute atomic E-state index is 11.1. The molecule has 1 aromatic heterocycles. The number of aromatic nitrogens is 1. The van der Waals surface area contributed by atoms with Crippen LogP contribution in [0, 0.1) is 6.92 Å². The van der Waals surface area contributed by atoms with Gasteiger partial charge in [0.2, 0.25) is 0 Å². The van der Waals surface area contributed by atoms with Crippen LogP contribution >= 0.6 is 0 Å². The molecule has 6 nitrogen and oxygen atoms in total. The van der Waals surface area contributed by atoms with Crippen LogP contribution in [0.25, 0.3) is 17.4 Å². The van der Waals surface area contributed by atoms with Crippen LogP contribution in [0.15, 0.2) is 65.2 Å². The number of rotatable bonds is 7. The molecule has 0 bridgehead atoms. The minimum Gasteiger partial charge on any atom is -0.356 e. The summed E-state index contributed by atoms with van der Waals surface area (Å²) in [5.74, 6) is 0.335. The number of nitrogens with one attached hydrogen (secondary N) is 1. The minimum absolute atomic E-state index is 0.388. The third kappa shape index (κ3) is 4.93. The predicted octanol–water partition coefficient (Wildman–Crippen LogP) is 4.55. The molecule has 0 aliphatic carbocycles. The Morgan fingerprint density at radius 2 is 2.00 bits per heavy atom. The fourth-order valence-electron chi connectivity index (χ4n) is 4.26. The number of hydroxylamine groups is 1. The van der Waals surface area contributed by atoms with Gasteiger partial charge in [0.25, 0.3) is 5.91 Å². The average Bonchev–Trinajstić information content (AvgIpc) is 3.43. The van der Waals surface area contributed by atoms with Gasteiger partial charge in [-0.2, -0.15) is 0 Å². The van der Waals surface area contributed by atoms with Gasteiger partial charge in [0.05, 0.1) is 5.69 Å². The molecule has 1 saturated heterocycles. The number of carbonyl (C=O) groups excluding carboxylic acids is 1. The normalized spacial score (nSPS) is 16.8. The molecule has 0 unspecified atom stereocenters. The number of hydrogen-bond acceptors (Lipinski definition) is 5. The van der Waals surface area contributed by atoms with Crippen molar-refractivity contribution in [3.8, 4) is 11.3 Å². The van der Waals surface area contributed by atoms with Gasteiger partial charge in [0.15, 0.2) is 5.76 Å². The molecule has 0 spiro atoms. The molecule has 1 aliphatic heterocycles. The molecular weight excluding hydrogens is 390 g/mol. The van der Waals surface area contributed by atoms with Crippen molar-refractivity contribution in [3.63, 3.8) is 0 Å². The highest BCUT2D eigenvalue weighted by Gasteiger charge is 2.26. The number of likely N-dealkylation sites (tertiary alicyclic amines) is 1. The zero-order valence-corrected chi connectivity index (χ0v) is 17.6. The maximum atomic E-state index is 11.1. The Kier molecular flexibility index (Phi) is 6.60. The fraction of sp³-hybridized carbons (Fsp3) is 0.280. The molecule has 1 fully saturated rings. The largest absolute Gasteiger partial charge is 0.356 e. The molecule has 2 N–H and O–H groups in total. The zero-order valence-electron chi connectivity index (χ0n) is 17.6. The number of aryl methyl sites for hydroxylation is 1. The van der Waals surface area contributed by atoms with Crippen LogP contribution in [0.3, 0.4) is 0 Å². The summed E-state index contributed by atoms with van der Waals surface area (Å²) in [4.78, 5) is 13.7. The summed E-state index contributed by atoms with van der Waals surface area (Å²) in [6.45, 7) is 4.04. The van der Waals surface area contributed by atoms with E-state index >= 15 is 0 Å². The Labute approximate surface area is 182 Å². The van der Waals surface area contributed by atoms with Gasteiger partial charge in [0, 0.05) is 29.8 Å². The van der Waals surface area contributed by atoms with Crippen LogP contribution in [0.4, 0.5) is 0 Å². The quantitative estimate of drug-likeness (QED) is 0.335. The first-order valence-electron chi connectivity index (χ1n) is 10.6. The third-order valence-corrected chi connectivity index (χ3v) is 5.89. The van der Waals surface area contributed by atoms with Crippen LogP contribution in [0.5, 0.6) is 0 Å². The van der Waals surface area contributed by atoms with E-state index in [1.54, 1.807) is 11.6 Å². The van der Waals surface area contributed by atoms with Crippen LogP contribution in [-0.2, 0) is 11.2 Å². The molecule has 3 aromatic rings. The lowest BCUT2D eigenvalue weighted by molar-refractivity contribution is -0.124. The summed E-state index contributed by atoms with van der Waals surface area (Å²) >= 11 is 0. The monoisotopic (exact) mass is 417 g/mol. The number of benzene rings is 2. The molecule has 160 valence electrons. The first kappa shape index (κ1) is 21.0. The fourth-order valence-corrected chi connectivity index (χ4v) is 4.26. The highest BCUT2D eigenvalue weighted by molar-refractivity contribution is 5.90. The van der Waals surface area contributed by atoms with Gasteiger partial charge in [-0.05, 0) is 49.9 Å². The standard InChI is InChI=1S/C25H27N3O3/c1-18-22(25(31-27-18)21-6-3-2-4-7-21)15-17-28-16-5-8-23(28)20-12-9-19(10-13-20)11-14-24(29)26-30/h2-4,6-7,9-14,23,30H,5,8,15-17H2,1H3,(H,26,29)/b14-11+/t23-/m0/s1. The van der Waals surface area contributed by atoms with E-state index in [-0.39, 0.29) is 0 Å². The lowest BCUT2D eigenvalue weighted by Gasteiger charge is -2.25. The number of carbonyl (C=O) groups is 1. The molecule has 1 amide bonds. The molecule has 4 rings (SSSR count). The number of nitrogens with zero attached hydrogens (tertiary/aromatic N) is 2. The minimum atomic E-state index is -0.537. The average molecular weight is 418 g/mol. The summed E-state index contributed by atoms with van der Waals surface area (Å²) in [7, 11) is 0. The third-order valence-electron chi connectivity index (χ3n) is 5.89. The van der Waals surface area contributed by atoms with Crippen LogP contribution in [0.1, 0.15) is 41.3 Å². The molecule has 2 heterocycles. The predicted molar refractivity (Wildman–Crippen MR) is 119 cm³/mol. The molecule has 0 saturated carbocycles. The Bertz CT molecular complexity index is 1040. The van der Waals surface area contributed by atoms with E-state index in [0.29, 0.717) is 6.04 Å². The van der Waals surface area contributed by atoms with Crippen molar-refractivity contribution < 1.29 is 14.5 Å². The summed E-state index contributed by atoms with van der Waals surface area (Å²) in [6.07, 6.45) is 6.20. The molecule has 1 aliphatic rings. The number of amides is 1. The Morgan fingerprint density at radius 1 is 1.23 bits per heavy atom. The van der Waals surface area contributed by atoms with Crippen LogP contribution < -0.4 is 5.48 Å². The first-order chi connectivity index (χ1) is 15.2. The van der Waals surface area contributed by atoms with Crippen molar-refractivity contribution in [2.45, 2.75) is 32.2 Å². The second kappa shape index (κ2) is 9.73. The van der Waals surface area contributed by atoms with Gasteiger partial charge in [-0.15, -0.1) is 0 Å². The Hall–Kier alpha value is -3.22. The van der Waals surface area contributed by atoms with Gasteiger partial charge >= 0.3 is 0 Å². The highest BCUT2D eigenvalue weighted by Crippen LogP contribution is 2.33. The zero-order chi connectivity index (χ0) is 21.6. The molecule has 2 aromatic carbocycles. The van der Waals surface area contributed by atoms with Crippen molar-refractivity contribution in [3.05, 3.63) is 83.1 Å². The van der Waals surface area contributed by atoms with Crippen LogP contribution in [-0.4, -0.2) is 34.3 Å². The molecule has 6 heteroatoms. The van der Waals surface area contributed by atoms with Gasteiger partial charge in [-0.1, -0.05) is 59.8 Å². The lowest BCUT2D eigenvalue weighted by atomic mass is 10.0. The van der Waals surface area contributed by atoms with E-state index < -0.39 is 5.91 Å². The second-order valence-corrected chi connectivity index (χ2v) is 7.86. The summed E-state index contributed by atoms with van der Waals surface area (Å²) < 4.78 is 5.65. The second-order valence-electron chi connectivity index (χ2n) is 7.86. The van der Waals surface area contributed by atoms with Crippen molar-refractivity contribution >= 4 is 12.0 Å². The van der Waals surface area contributed by atoms with E-state index in [0.717, 1.165) is 48.5 Å². The van der Waals surface area contributed by atoms with Gasteiger partial charge in [-0.25, -0.2) is 5.48 Å². The van der Waals surface area contributed by atoms with Crippen molar-refractivity contribution in [1.29, 1.82) is 0 Å². The van der Waals surface area contributed by atoms with Gasteiger partial charge in [-0.3, -0.25) is 14.9 Å². The summed E-state index contributed by atoms with van der Waals surface area (Å²) in [5.41, 5.74) is 7.00. The van der Waals surface area contributed by atoms with E-state index in [1.165, 1.54) is 23.6 Å². The SMILES string of the molecule is Cc1noc(-c2ccccc2)c1CCN1CCC[C@H]1c1ccc(/C=C/C(=O)NO)cc1. The van der Waals surface area contributed by atoms with E-state index in [9.17, 15) is 4.79 Å². The summed E-state index contributed by atoms with van der Waals surface area (Å²) in [6, 6.07) is 18.8. The van der Waals surface area contributed by atoms with Crippen molar-refractivity contribution in [2.75, 3.05) is 13.1 Å². The van der Waals surface area contributed by atoms with Gasteiger partial charge < -0.3 is 4.52 Å². The smallest absolute Gasteiger partial charge is 0.267 e. The lowest BCUT2D eigenvalue weighted by Crippen LogP contribution is -2.26.